The van der Waals surface area contributed by atoms with Gasteiger partial charge in [-0.25, -0.2) is 4.98 Å². The van der Waals surface area contributed by atoms with E-state index in [2.05, 4.69) is 10.3 Å². The number of fused-ring (bicyclic) bond motifs is 1. The Morgan fingerprint density at radius 3 is 2.79 bits per heavy atom. The molecule has 0 unspecified atom stereocenters. The fourth-order valence-corrected chi connectivity index (χ4v) is 3.45. The van der Waals surface area contributed by atoms with Crippen molar-refractivity contribution in [1.29, 1.82) is 0 Å². The summed E-state index contributed by atoms with van der Waals surface area (Å²) in [6.07, 6.45) is 4.67. The number of imidazole rings is 1. The molecule has 1 heterocycles. The predicted octanol–water partition coefficient (Wildman–Crippen LogP) is 1.99. The van der Waals surface area contributed by atoms with Crippen LogP contribution in [0.3, 0.4) is 0 Å². The first kappa shape index (κ1) is 16.9. The number of para-hydroxylation sites is 2. The molecule has 1 fully saturated rings. The number of rotatable bonds is 6. The molecule has 0 atom stereocenters. The van der Waals surface area contributed by atoms with E-state index in [0.29, 0.717) is 24.9 Å². The standard InChI is InChI=1S/C18H25N3O3/c1-24-14-8-6-13(7-9-14)19-18(23)10-11-21-16-5-3-2-4-15(16)20-17(21)12-22/h2-5,13-14,22H,6-12H2,1H3,(H,19,23). The highest BCUT2D eigenvalue weighted by Gasteiger charge is 2.22. The lowest BCUT2D eigenvalue weighted by molar-refractivity contribution is -0.122. The van der Waals surface area contributed by atoms with Crippen LogP contribution in [0, 0.1) is 0 Å². The van der Waals surface area contributed by atoms with Crippen LogP contribution in [-0.2, 0) is 22.7 Å². The molecule has 130 valence electrons. The number of aliphatic hydroxyl groups is 1. The first-order chi connectivity index (χ1) is 11.7. The molecule has 24 heavy (non-hydrogen) atoms. The molecule has 1 aromatic heterocycles. The minimum atomic E-state index is -0.128. The van der Waals surface area contributed by atoms with Crippen LogP contribution in [0.1, 0.15) is 37.9 Å². The molecule has 0 aliphatic heterocycles. The Balaban J connectivity index is 1.57. The third-order valence-corrected chi connectivity index (χ3v) is 4.81. The molecule has 1 amide bonds. The molecule has 3 rings (SSSR count). The molecular weight excluding hydrogens is 306 g/mol. The van der Waals surface area contributed by atoms with Crippen LogP contribution in [-0.4, -0.2) is 39.8 Å². The van der Waals surface area contributed by atoms with Crippen LogP contribution in [0.5, 0.6) is 0 Å². The average Bonchev–Trinajstić information content (AvgIpc) is 2.98. The molecular formula is C18H25N3O3. The highest BCUT2D eigenvalue weighted by Crippen LogP contribution is 2.21. The van der Waals surface area contributed by atoms with Gasteiger partial charge in [0.25, 0.3) is 0 Å². The molecule has 2 aromatic rings. The fourth-order valence-electron chi connectivity index (χ4n) is 3.45. The second-order valence-corrected chi connectivity index (χ2v) is 6.35. The number of hydrogen-bond donors (Lipinski definition) is 2. The Hall–Kier alpha value is -1.92. The van der Waals surface area contributed by atoms with Crippen molar-refractivity contribution in [2.45, 2.75) is 57.4 Å². The van der Waals surface area contributed by atoms with Gasteiger partial charge in [-0.15, -0.1) is 0 Å². The number of carbonyl (C=O) groups is 1. The van der Waals surface area contributed by atoms with E-state index >= 15 is 0 Å². The lowest BCUT2D eigenvalue weighted by Crippen LogP contribution is -2.39. The van der Waals surface area contributed by atoms with Crippen molar-refractivity contribution in [3.63, 3.8) is 0 Å². The molecule has 1 saturated carbocycles. The van der Waals surface area contributed by atoms with Crippen LogP contribution < -0.4 is 5.32 Å². The molecule has 2 N–H and O–H groups in total. The van der Waals surface area contributed by atoms with Crippen LogP contribution in [0.15, 0.2) is 24.3 Å². The van der Waals surface area contributed by atoms with Crippen molar-refractivity contribution in [2.24, 2.45) is 0 Å². The molecule has 1 aliphatic rings. The first-order valence-corrected chi connectivity index (χ1v) is 8.58. The van der Waals surface area contributed by atoms with E-state index in [1.54, 1.807) is 7.11 Å². The summed E-state index contributed by atoms with van der Waals surface area (Å²) in [6.45, 7) is 0.396. The van der Waals surface area contributed by atoms with E-state index in [1.165, 1.54) is 0 Å². The third kappa shape index (κ3) is 3.76. The van der Waals surface area contributed by atoms with Gasteiger partial charge < -0.3 is 19.7 Å². The first-order valence-electron chi connectivity index (χ1n) is 8.58. The quantitative estimate of drug-likeness (QED) is 0.849. The number of aromatic nitrogens is 2. The fraction of sp³-hybridized carbons (Fsp3) is 0.556. The van der Waals surface area contributed by atoms with Gasteiger partial charge in [-0.1, -0.05) is 12.1 Å². The van der Waals surface area contributed by atoms with Gasteiger partial charge in [0.05, 0.1) is 17.1 Å². The number of nitrogens with one attached hydrogen (secondary N) is 1. The van der Waals surface area contributed by atoms with Crippen LogP contribution in [0.25, 0.3) is 11.0 Å². The summed E-state index contributed by atoms with van der Waals surface area (Å²) in [5.74, 6) is 0.655. The number of aryl methyl sites for hydroxylation is 1. The number of nitrogens with zero attached hydrogens (tertiary/aromatic N) is 2. The Bertz CT molecular complexity index is 690. The van der Waals surface area contributed by atoms with Gasteiger partial charge in [-0.3, -0.25) is 4.79 Å². The Morgan fingerprint density at radius 1 is 1.33 bits per heavy atom. The van der Waals surface area contributed by atoms with Crippen LogP contribution in [0.4, 0.5) is 0 Å². The molecule has 6 heteroatoms. The number of ether oxygens (including phenoxy) is 1. The van der Waals surface area contributed by atoms with Crippen LogP contribution >= 0.6 is 0 Å². The molecule has 1 aliphatic carbocycles. The molecule has 6 nitrogen and oxygen atoms in total. The number of hydrogen-bond acceptors (Lipinski definition) is 4. The third-order valence-electron chi connectivity index (χ3n) is 4.81. The summed E-state index contributed by atoms with van der Waals surface area (Å²) in [7, 11) is 1.75. The van der Waals surface area contributed by atoms with E-state index in [4.69, 9.17) is 4.74 Å². The maximum atomic E-state index is 12.3. The van der Waals surface area contributed by atoms with E-state index in [0.717, 1.165) is 36.7 Å². The van der Waals surface area contributed by atoms with Crippen molar-refractivity contribution < 1.29 is 14.6 Å². The largest absolute Gasteiger partial charge is 0.388 e. The highest BCUT2D eigenvalue weighted by molar-refractivity contribution is 5.78. The summed E-state index contributed by atoms with van der Waals surface area (Å²) >= 11 is 0. The topological polar surface area (TPSA) is 76.4 Å². The summed E-state index contributed by atoms with van der Waals surface area (Å²) in [5, 5.41) is 12.6. The minimum absolute atomic E-state index is 0.0533. The second-order valence-electron chi connectivity index (χ2n) is 6.35. The second kappa shape index (κ2) is 7.77. The maximum Gasteiger partial charge on any atom is 0.222 e. The van der Waals surface area contributed by atoms with E-state index < -0.39 is 0 Å². The minimum Gasteiger partial charge on any atom is -0.388 e. The number of methoxy groups -OCH3 is 1. The van der Waals surface area contributed by atoms with Gasteiger partial charge in [-0.2, -0.15) is 0 Å². The smallest absolute Gasteiger partial charge is 0.222 e. The van der Waals surface area contributed by atoms with Gasteiger partial charge >= 0.3 is 0 Å². The van der Waals surface area contributed by atoms with Crippen LogP contribution in [0.2, 0.25) is 0 Å². The van der Waals surface area contributed by atoms with Gasteiger partial charge in [0.1, 0.15) is 12.4 Å². The Kier molecular flexibility index (Phi) is 5.48. The number of carbonyl (C=O) groups excluding carboxylic acids is 1. The van der Waals surface area contributed by atoms with Crippen molar-refractivity contribution in [1.82, 2.24) is 14.9 Å². The molecule has 0 saturated heterocycles. The SMILES string of the molecule is COC1CCC(NC(=O)CCn2c(CO)nc3ccccc32)CC1. The highest BCUT2D eigenvalue weighted by atomic mass is 16.5. The lowest BCUT2D eigenvalue weighted by Gasteiger charge is -2.28. The van der Waals surface area contributed by atoms with E-state index in [-0.39, 0.29) is 18.6 Å². The van der Waals surface area contributed by atoms with Crippen molar-refractivity contribution in [3.05, 3.63) is 30.1 Å². The summed E-state index contributed by atoms with van der Waals surface area (Å²) < 4.78 is 7.29. The molecule has 1 aromatic carbocycles. The number of amides is 1. The van der Waals surface area contributed by atoms with Gasteiger partial charge in [-0.05, 0) is 37.8 Å². The Morgan fingerprint density at radius 2 is 2.08 bits per heavy atom. The van der Waals surface area contributed by atoms with Gasteiger partial charge in [0.2, 0.25) is 5.91 Å². The average molecular weight is 331 g/mol. The monoisotopic (exact) mass is 331 g/mol. The zero-order valence-corrected chi connectivity index (χ0v) is 14.1. The summed E-state index contributed by atoms with van der Waals surface area (Å²) in [4.78, 5) is 16.7. The lowest BCUT2D eigenvalue weighted by atomic mass is 9.93. The Labute approximate surface area is 141 Å². The predicted molar refractivity (Wildman–Crippen MR) is 91.5 cm³/mol. The number of benzene rings is 1. The normalized spacial score (nSPS) is 21.1. The van der Waals surface area contributed by atoms with E-state index in [9.17, 15) is 9.90 Å². The van der Waals surface area contributed by atoms with Crippen molar-refractivity contribution >= 4 is 16.9 Å². The zero-order valence-electron chi connectivity index (χ0n) is 14.1. The van der Waals surface area contributed by atoms with Crippen molar-refractivity contribution in [3.8, 4) is 0 Å². The van der Waals surface area contributed by atoms with Gasteiger partial charge in [0, 0.05) is 26.1 Å². The summed E-state index contributed by atoms with van der Waals surface area (Å²) in [5.41, 5.74) is 1.80. The molecule has 0 bridgehead atoms. The zero-order chi connectivity index (χ0) is 16.9. The molecule has 0 spiro atoms. The van der Waals surface area contributed by atoms with Crippen molar-refractivity contribution in [2.75, 3.05) is 7.11 Å². The number of aliphatic hydroxyl groups excluding tert-OH is 1. The van der Waals surface area contributed by atoms with Gasteiger partial charge in [0.15, 0.2) is 0 Å². The maximum absolute atomic E-state index is 12.3. The van der Waals surface area contributed by atoms with E-state index in [1.807, 2.05) is 28.8 Å². The summed E-state index contributed by atoms with van der Waals surface area (Å²) in [6, 6.07) is 7.99. The molecule has 0 radical (unpaired) electrons.